The molecule has 0 saturated carbocycles. The molecule has 0 aliphatic carbocycles. The predicted octanol–water partition coefficient (Wildman–Crippen LogP) is 2.77. The van der Waals surface area contributed by atoms with Gasteiger partial charge in [0.1, 0.15) is 0 Å². The molecular weight excluding hydrogens is 242 g/mol. The van der Waals surface area contributed by atoms with Crippen LogP contribution in [-0.4, -0.2) is 48.3 Å². The maximum absolute atomic E-state index is 11.0. The average molecular weight is 271 g/mol. The van der Waals surface area contributed by atoms with E-state index in [0.29, 0.717) is 18.4 Å². The summed E-state index contributed by atoms with van der Waals surface area (Å²) in [7, 11) is 0. The number of likely N-dealkylation sites (tertiary alicyclic amines) is 1. The maximum atomic E-state index is 11.0. The van der Waals surface area contributed by atoms with Crippen molar-refractivity contribution < 1.29 is 14.6 Å². The van der Waals surface area contributed by atoms with Gasteiger partial charge in [-0.05, 0) is 44.7 Å². The Morgan fingerprint density at radius 3 is 2.26 bits per heavy atom. The number of carboxylic acids is 1. The summed E-state index contributed by atoms with van der Waals surface area (Å²) < 4.78 is 5.25. The number of rotatable bonds is 8. The normalized spacial score (nSPS) is 21.2. The second kappa shape index (κ2) is 7.85. The molecule has 4 heteroatoms. The van der Waals surface area contributed by atoms with Crippen molar-refractivity contribution in [1.82, 2.24) is 4.90 Å². The molecule has 0 aromatic rings. The van der Waals surface area contributed by atoms with Crippen molar-refractivity contribution in [3.63, 3.8) is 0 Å². The first-order chi connectivity index (χ1) is 9.06. The van der Waals surface area contributed by atoms with E-state index in [4.69, 9.17) is 9.84 Å². The lowest BCUT2D eigenvalue weighted by Crippen LogP contribution is -2.41. The number of piperidine rings is 1. The highest BCUT2D eigenvalue weighted by Crippen LogP contribution is 2.37. The van der Waals surface area contributed by atoms with Gasteiger partial charge in [0.05, 0.1) is 0 Å². The Morgan fingerprint density at radius 1 is 1.26 bits per heavy atom. The number of ether oxygens (including phenoxy) is 1. The van der Waals surface area contributed by atoms with Gasteiger partial charge in [-0.1, -0.05) is 26.7 Å². The Kier molecular flexibility index (Phi) is 6.80. The van der Waals surface area contributed by atoms with Gasteiger partial charge in [0.2, 0.25) is 0 Å². The van der Waals surface area contributed by atoms with Crippen LogP contribution in [0.4, 0.5) is 0 Å². The van der Waals surface area contributed by atoms with E-state index < -0.39 is 12.1 Å². The molecule has 112 valence electrons. The van der Waals surface area contributed by atoms with E-state index >= 15 is 0 Å². The zero-order chi connectivity index (χ0) is 14.3. The molecule has 1 fully saturated rings. The molecule has 0 aromatic heterocycles. The topological polar surface area (TPSA) is 49.8 Å². The smallest absolute Gasteiger partial charge is 0.332 e. The molecule has 1 aliphatic rings. The Labute approximate surface area is 117 Å². The summed E-state index contributed by atoms with van der Waals surface area (Å²) >= 11 is 0. The number of aliphatic carboxylic acids is 1. The largest absolute Gasteiger partial charge is 0.479 e. The number of carbonyl (C=O) groups is 1. The zero-order valence-corrected chi connectivity index (χ0v) is 12.7. The standard InChI is InChI=1S/C15H29NO3/c1-4-15(5-2)8-11-16(12-9-15)10-7-13(14(17)18)19-6-3/h13H,4-12H2,1-3H3,(H,17,18). The first kappa shape index (κ1) is 16.4. The third-order valence-electron chi connectivity index (χ3n) is 4.77. The molecule has 4 nitrogen and oxygen atoms in total. The molecule has 1 heterocycles. The van der Waals surface area contributed by atoms with Crippen LogP contribution in [0.2, 0.25) is 0 Å². The van der Waals surface area contributed by atoms with Crippen molar-refractivity contribution in [3.8, 4) is 0 Å². The summed E-state index contributed by atoms with van der Waals surface area (Å²) in [6.07, 6.45) is 4.95. The molecule has 0 aromatic carbocycles. The third kappa shape index (κ3) is 4.77. The minimum atomic E-state index is -0.838. The van der Waals surface area contributed by atoms with Crippen molar-refractivity contribution >= 4 is 5.97 Å². The summed E-state index contributed by atoms with van der Waals surface area (Å²) in [5.74, 6) is -0.838. The molecule has 0 radical (unpaired) electrons. The minimum absolute atomic E-state index is 0.464. The highest BCUT2D eigenvalue weighted by molar-refractivity contribution is 5.72. The average Bonchev–Trinajstić information content (AvgIpc) is 2.44. The van der Waals surface area contributed by atoms with Gasteiger partial charge >= 0.3 is 5.97 Å². The number of carboxylic acid groups (broad SMARTS) is 1. The van der Waals surface area contributed by atoms with E-state index in [1.54, 1.807) is 0 Å². The SMILES string of the molecule is CCOC(CCN1CCC(CC)(CC)CC1)C(=O)O. The van der Waals surface area contributed by atoms with Crippen LogP contribution < -0.4 is 0 Å². The molecule has 0 spiro atoms. The summed E-state index contributed by atoms with van der Waals surface area (Å²) in [5.41, 5.74) is 0.530. The van der Waals surface area contributed by atoms with Gasteiger partial charge in [-0.2, -0.15) is 0 Å². The second-order valence-corrected chi connectivity index (χ2v) is 5.62. The fourth-order valence-corrected chi connectivity index (χ4v) is 2.99. The molecule has 19 heavy (non-hydrogen) atoms. The fraction of sp³-hybridized carbons (Fsp3) is 0.933. The fourth-order valence-electron chi connectivity index (χ4n) is 2.99. The molecule has 0 bridgehead atoms. The van der Waals surface area contributed by atoms with E-state index in [9.17, 15) is 4.79 Å². The van der Waals surface area contributed by atoms with E-state index in [2.05, 4.69) is 18.7 Å². The van der Waals surface area contributed by atoms with Crippen LogP contribution in [0.1, 0.15) is 52.9 Å². The van der Waals surface area contributed by atoms with Gasteiger partial charge in [-0.25, -0.2) is 4.79 Å². The third-order valence-corrected chi connectivity index (χ3v) is 4.77. The molecule has 1 saturated heterocycles. The van der Waals surface area contributed by atoms with Crippen molar-refractivity contribution in [1.29, 1.82) is 0 Å². The molecule has 1 N–H and O–H groups in total. The predicted molar refractivity (Wildman–Crippen MR) is 76.4 cm³/mol. The van der Waals surface area contributed by atoms with Crippen molar-refractivity contribution in [3.05, 3.63) is 0 Å². The van der Waals surface area contributed by atoms with Crippen LogP contribution >= 0.6 is 0 Å². The monoisotopic (exact) mass is 271 g/mol. The van der Waals surface area contributed by atoms with Crippen molar-refractivity contribution in [2.75, 3.05) is 26.2 Å². The Morgan fingerprint density at radius 2 is 1.84 bits per heavy atom. The summed E-state index contributed by atoms with van der Waals surface area (Å²) in [4.78, 5) is 13.4. The van der Waals surface area contributed by atoms with Gasteiger partial charge in [-0.15, -0.1) is 0 Å². The lowest BCUT2D eigenvalue weighted by atomic mass is 9.74. The molecule has 1 aliphatic heterocycles. The van der Waals surface area contributed by atoms with Crippen LogP contribution in [0.3, 0.4) is 0 Å². The highest BCUT2D eigenvalue weighted by atomic mass is 16.5. The zero-order valence-electron chi connectivity index (χ0n) is 12.7. The molecule has 1 atom stereocenters. The quantitative estimate of drug-likeness (QED) is 0.737. The number of hydrogen-bond donors (Lipinski definition) is 1. The van der Waals surface area contributed by atoms with E-state index in [1.807, 2.05) is 6.92 Å². The van der Waals surface area contributed by atoms with Gasteiger partial charge in [0.25, 0.3) is 0 Å². The maximum Gasteiger partial charge on any atom is 0.332 e. The molecule has 1 unspecified atom stereocenters. The first-order valence-corrected chi connectivity index (χ1v) is 7.63. The number of nitrogens with zero attached hydrogens (tertiary/aromatic N) is 1. The lowest BCUT2D eigenvalue weighted by Gasteiger charge is -2.41. The minimum Gasteiger partial charge on any atom is -0.479 e. The first-order valence-electron chi connectivity index (χ1n) is 7.63. The van der Waals surface area contributed by atoms with E-state index in [0.717, 1.165) is 19.6 Å². The highest BCUT2D eigenvalue weighted by Gasteiger charge is 2.31. The van der Waals surface area contributed by atoms with E-state index in [1.165, 1.54) is 25.7 Å². The lowest BCUT2D eigenvalue weighted by molar-refractivity contribution is -0.150. The Bertz CT molecular complexity index is 267. The molecule has 1 rings (SSSR count). The van der Waals surface area contributed by atoms with Gasteiger partial charge in [0.15, 0.2) is 6.10 Å². The number of hydrogen-bond acceptors (Lipinski definition) is 3. The van der Waals surface area contributed by atoms with Crippen LogP contribution in [0, 0.1) is 5.41 Å². The van der Waals surface area contributed by atoms with Gasteiger partial charge in [0, 0.05) is 13.2 Å². The summed E-state index contributed by atoms with van der Waals surface area (Å²) in [5, 5.41) is 9.05. The Hall–Kier alpha value is -0.610. The summed E-state index contributed by atoms with van der Waals surface area (Å²) in [6.45, 7) is 9.91. The van der Waals surface area contributed by atoms with Crippen LogP contribution in [0.25, 0.3) is 0 Å². The van der Waals surface area contributed by atoms with Crippen LogP contribution in [0.15, 0.2) is 0 Å². The molecule has 0 amide bonds. The van der Waals surface area contributed by atoms with Crippen LogP contribution in [-0.2, 0) is 9.53 Å². The second-order valence-electron chi connectivity index (χ2n) is 5.62. The molecular formula is C15H29NO3. The van der Waals surface area contributed by atoms with Crippen molar-refractivity contribution in [2.24, 2.45) is 5.41 Å². The summed E-state index contributed by atoms with van der Waals surface area (Å²) in [6, 6.07) is 0. The Balaban J connectivity index is 2.34. The van der Waals surface area contributed by atoms with Gasteiger partial charge in [-0.3, -0.25) is 0 Å². The van der Waals surface area contributed by atoms with Crippen LogP contribution in [0.5, 0.6) is 0 Å². The van der Waals surface area contributed by atoms with Gasteiger partial charge < -0.3 is 14.7 Å². The van der Waals surface area contributed by atoms with Crippen molar-refractivity contribution in [2.45, 2.75) is 59.0 Å². The van der Waals surface area contributed by atoms with E-state index in [-0.39, 0.29) is 0 Å².